The van der Waals surface area contributed by atoms with Crippen molar-refractivity contribution in [1.29, 1.82) is 0 Å². The Labute approximate surface area is 184 Å². The zero-order valence-electron chi connectivity index (χ0n) is 18.1. The maximum Gasteiger partial charge on any atom is 0.231 e. The minimum atomic E-state index is -0.0678. The third-order valence-corrected chi connectivity index (χ3v) is 5.83. The van der Waals surface area contributed by atoms with Crippen molar-refractivity contribution in [3.05, 3.63) is 41.6 Å². The van der Waals surface area contributed by atoms with Gasteiger partial charge in [-0.1, -0.05) is 0 Å². The number of nitrogens with zero attached hydrogens (tertiary/aromatic N) is 1. The zero-order chi connectivity index (χ0) is 22.4. The highest BCUT2D eigenvalue weighted by Crippen LogP contribution is 2.46. The van der Waals surface area contributed by atoms with E-state index in [9.17, 15) is 9.59 Å². The number of carbonyl (C=O) groups excluding carboxylic acids is 2. The van der Waals surface area contributed by atoms with Crippen LogP contribution in [-0.2, 0) is 11.3 Å². The third kappa shape index (κ3) is 3.10. The molecule has 0 radical (unpaired) electrons. The van der Waals surface area contributed by atoms with E-state index in [4.69, 9.17) is 18.9 Å². The van der Waals surface area contributed by atoms with Crippen molar-refractivity contribution in [3.63, 3.8) is 0 Å². The van der Waals surface area contributed by atoms with E-state index in [1.165, 1.54) is 6.92 Å². The largest absolute Gasteiger partial charge is 0.493 e. The summed E-state index contributed by atoms with van der Waals surface area (Å²) in [5, 5.41) is 4.48. The standard InChI is InChI=1S/C24H22N2O6/c1-13(27)25-5-4-6-26-11-14-7-18(29-2)19(30-3)8-15(14)22-23(26)16-9-20-21(32-12-31-20)10-17(16)24(22)28/h7-11H,4-6,12H2,1-3H3/p+1. The minimum absolute atomic E-state index is 0.0659. The van der Waals surface area contributed by atoms with Crippen LogP contribution in [0.1, 0.15) is 29.3 Å². The molecule has 1 aliphatic heterocycles. The summed E-state index contributed by atoms with van der Waals surface area (Å²) in [6.07, 6.45) is 2.72. The molecule has 0 bridgehead atoms. The molecule has 164 valence electrons. The lowest BCUT2D eigenvalue weighted by Gasteiger charge is -2.12. The van der Waals surface area contributed by atoms with Gasteiger partial charge in [0.15, 0.2) is 35.7 Å². The molecule has 5 rings (SSSR count). The van der Waals surface area contributed by atoms with Crippen molar-refractivity contribution < 1.29 is 33.1 Å². The number of methoxy groups -OCH3 is 2. The first-order valence-electron chi connectivity index (χ1n) is 10.4. The Balaban J connectivity index is 1.71. The van der Waals surface area contributed by atoms with Gasteiger partial charge in [-0.25, -0.2) is 0 Å². The van der Waals surface area contributed by atoms with Gasteiger partial charge in [0.2, 0.25) is 24.2 Å². The number of hydrogen-bond acceptors (Lipinski definition) is 6. The van der Waals surface area contributed by atoms with Crippen LogP contribution in [0.4, 0.5) is 0 Å². The van der Waals surface area contributed by atoms with Crippen molar-refractivity contribution in [2.24, 2.45) is 0 Å². The summed E-state index contributed by atoms with van der Waals surface area (Å²) in [4.78, 5) is 24.8. The molecule has 32 heavy (non-hydrogen) atoms. The molecule has 0 unspecified atom stereocenters. The number of aromatic nitrogens is 1. The van der Waals surface area contributed by atoms with Crippen molar-refractivity contribution in [1.82, 2.24) is 5.32 Å². The number of rotatable bonds is 6. The Morgan fingerprint density at radius 3 is 2.44 bits per heavy atom. The SMILES string of the molecule is COc1cc2c[n+](CCCNC(C)=O)c3c(c2cc1OC)C(=O)c1cc2c(cc1-3)OCO2. The highest BCUT2D eigenvalue weighted by Gasteiger charge is 2.39. The topological polar surface area (TPSA) is 87.0 Å². The van der Waals surface area contributed by atoms with E-state index in [0.29, 0.717) is 53.6 Å². The van der Waals surface area contributed by atoms with Crippen LogP contribution < -0.4 is 28.8 Å². The first kappa shape index (κ1) is 20.1. The third-order valence-electron chi connectivity index (χ3n) is 5.83. The van der Waals surface area contributed by atoms with Crippen LogP contribution in [-0.4, -0.2) is 39.2 Å². The van der Waals surface area contributed by atoms with Crippen molar-refractivity contribution >= 4 is 22.5 Å². The fourth-order valence-electron chi connectivity index (χ4n) is 4.39. The summed E-state index contributed by atoms with van der Waals surface area (Å²) >= 11 is 0. The van der Waals surface area contributed by atoms with Gasteiger partial charge >= 0.3 is 0 Å². The van der Waals surface area contributed by atoms with E-state index in [-0.39, 0.29) is 18.5 Å². The molecule has 0 saturated carbocycles. The van der Waals surface area contributed by atoms with E-state index in [1.807, 2.05) is 24.4 Å². The second-order valence-electron chi connectivity index (χ2n) is 7.76. The molecular weight excluding hydrogens is 412 g/mol. The fraction of sp³-hybridized carbons (Fsp3) is 0.292. The van der Waals surface area contributed by atoms with Crippen LogP contribution in [0.15, 0.2) is 30.5 Å². The van der Waals surface area contributed by atoms with Gasteiger partial charge in [-0.05, 0) is 24.3 Å². The fourth-order valence-corrected chi connectivity index (χ4v) is 4.39. The molecule has 1 aliphatic carbocycles. The summed E-state index contributed by atoms with van der Waals surface area (Å²) in [7, 11) is 3.16. The highest BCUT2D eigenvalue weighted by atomic mass is 16.7. The number of ether oxygens (including phenoxy) is 4. The molecule has 0 saturated heterocycles. The van der Waals surface area contributed by atoms with Crippen LogP contribution in [0, 0.1) is 0 Å². The van der Waals surface area contributed by atoms with Crippen LogP contribution >= 0.6 is 0 Å². The quantitative estimate of drug-likeness (QED) is 0.370. The lowest BCUT2D eigenvalue weighted by atomic mass is 10.0. The second-order valence-corrected chi connectivity index (χ2v) is 7.76. The van der Waals surface area contributed by atoms with Crippen LogP contribution in [0.25, 0.3) is 22.0 Å². The maximum absolute atomic E-state index is 13.6. The summed E-state index contributed by atoms with van der Waals surface area (Å²) in [5.41, 5.74) is 2.83. The summed E-state index contributed by atoms with van der Waals surface area (Å²) in [6.45, 7) is 2.81. The van der Waals surface area contributed by atoms with Crippen molar-refractivity contribution in [3.8, 4) is 34.3 Å². The Hall–Kier alpha value is -3.81. The number of amides is 1. The van der Waals surface area contributed by atoms with Crippen molar-refractivity contribution in [2.75, 3.05) is 27.6 Å². The molecule has 8 nitrogen and oxygen atoms in total. The first-order chi connectivity index (χ1) is 15.5. The number of nitrogens with one attached hydrogen (secondary N) is 1. The normalized spacial score (nSPS) is 13.2. The Kier molecular flexibility index (Phi) is 4.84. The number of ketones is 1. The molecule has 0 fully saturated rings. The summed E-state index contributed by atoms with van der Waals surface area (Å²) < 4.78 is 24.1. The maximum atomic E-state index is 13.6. The van der Waals surface area contributed by atoms with E-state index < -0.39 is 0 Å². The van der Waals surface area contributed by atoms with Crippen molar-refractivity contribution in [2.45, 2.75) is 19.9 Å². The molecule has 0 atom stereocenters. The number of carbonyl (C=O) groups is 2. The molecule has 0 spiro atoms. The molecule has 2 aliphatic rings. The van der Waals surface area contributed by atoms with Crippen LogP contribution in [0.3, 0.4) is 0 Å². The number of benzene rings is 2. The smallest absolute Gasteiger partial charge is 0.231 e. The van der Waals surface area contributed by atoms with Gasteiger partial charge in [-0.2, -0.15) is 4.57 Å². The Morgan fingerprint density at radius 1 is 1.06 bits per heavy atom. The molecule has 1 N–H and O–H groups in total. The Morgan fingerprint density at radius 2 is 1.75 bits per heavy atom. The number of fused-ring (bicyclic) bond motifs is 6. The average Bonchev–Trinajstić information content (AvgIpc) is 3.36. The minimum Gasteiger partial charge on any atom is -0.493 e. The number of aryl methyl sites for hydroxylation is 1. The lowest BCUT2D eigenvalue weighted by Crippen LogP contribution is -2.38. The van der Waals surface area contributed by atoms with E-state index in [2.05, 4.69) is 9.88 Å². The first-order valence-corrected chi connectivity index (χ1v) is 10.4. The predicted octanol–water partition coefficient (Wildman–Crippen LogP) is 2.61. The van der Waals surface area contributed by atoms with Gasteiger partial charge in [0.25, 0.3) is 0 Å². The number of hydrogen-bond donors (Lipinski definition) is 1. The zero-order valence-corrected chi connectivity index (χ0v) is 18.1. The van der Waals surface area contributed by atoms with E-state index in [0.717, 1.165) is 22.0 Å². The summed E-state index contributed by atoms with van der Waals surface area (Å²) in [5.74, 6) is 2.22. The van der Waals surface area contributed by atoms with Crippen LogP contribution in [0.2, 0.25) is 0 Å². The molecule has 1 aromatic heterocycles. The van der Waals surface area contributed by atoms with Gasteiger partial charge in [0.05, 0.1) is 25.2 Å². The second kappa shape index (κ2) is 7.71. The molecular formula is C24H23N2O6+. The molecule has 1 amide bonds. The van der Waals surface area contributed by atoms with Gasteiger partial charge < -0.3 is 24.3 Å². The Bertz CT molecular complexity index is 1280. The number of pyridine rings is 1. The monoisotopic (exact) mass is 435 g/mol. The molecule has 3 aromatic rings. The van der Waals surface area contributed by atoms with Gasteiger partial charge in [0.1, 0.15) is 5.56 Å². The van der Waals surface area contributed by atoms with Gasteiger partial charge in [-0.3, -0.25) is 9.59 Å². The van der Waals surface area contributed by atoms with E-state index >= 15 is 0 Å². The van der Waals surface area contributed by atoms with Gasteiger partial charge in [-0.15, -0.1) is 0 Å². The molecule has 2 heterocycles. The molecule has 8 heteroatoms. The molecule has 2 aromatic carbocycles. The highest BCUT2D eigenvalue weighted by molar-refractivity contribution is 6.26. The summed E-state index contributed by atoms with van der Waals surface area (Å²) in [6, 6.07) is 7.35. The van der Waals surface area contributed by atoms with Gasteiger partial charge in [0, 0.05) is 30.8 Å². The van der Waals surface area contributed by atoms with E-state index in [1.54, 1.807) is 20.3 Å². The predicted molar refractivity (Wildman–Crippen MR) is 116 cm³/mol. The lowest BCUT2D eigenvalue weighted by molar-refractivity contribution is -0.685. The van der Waals surface area contributed by atoms with Crippen LogP contribution in [0.5, 0.6) is 23.0 Å². The average molecular weight is 435 g/mol.